The molecule has 0 aromatic carbocycles. The third-order valence-electron chi connectivity index (χ3n) is 4.22. The largest absolute Gasteiger partial charge is 0.357 e. The van der Waals surface area contributed by atoms with Gasteiger partial charge >= 0.3 is 0 Å². The third-order valence-corrected chi connectivity index (χ3v) is 4.22. The number of aliphatic imine (C=N–C) groups is 1. The molecule has 0 radical (unpaired) electrons. The third kappa shape index (κ3) is 6.83. The van der Waals surface area contributed by atoms with Crippen LogP contribution in [0.3, 0.4) is 0 Å². The molecule has 0 aliphatic heterocycles. The predicted octanol–water partition coefficient (Wildman–Crippen LogP) is 1.42. The Hall–Kier alpha value is -1.32. The van der Waals surface area contributed by atoms with Crippen LogP contribution >= 0.6 is 24.0 Å². The summed E-state index contributed by atoms with van der Waals surface area (Å²) in [5, 5.41) is 14.0. The van der Waals surface area contributed by atoms with Crippen LogP contribution in [0.5, 0.6) is 0 Å². The molecule has 0 saturated heterocycles. The first-order chi connectivity index (χ1) is 11.4. The van der Waals surface area contributed by atoms with Crippen LogP contribution in [0.15, 0.2) is 4.99 Å². The predicted molar refractivity (Wildman–Crippen MR) is 112 cm³/mol. The summed E-state index contributed by atoms with van der Waals surface area (Å²) in [6.07, 6.45) is 3.05. The Morgan fingerprint density at radius 1 is 1.40 bits per heavy atom. The molecule has 3 N–H and O–H groups in total. The lowest BCUT2D eigenvalue weighted by atomic mass is 10.1. The first-order valence-corrected chi connectivity index (χ1v) is 8.74. The second kappa shape index (κ2) is 9.98. The monoisotopic (exact) mass is 462 g/mol. The zero-order valence-corrected chi connectivity index (χ0v) is 18.2. The highest BCUT2D eigenvalue weighted by Gasteiger charge is 2.23. The average molecular weight is 462 g/mol. The number of carbonyl (C=O) groups excluding carboxylic acids is 1. The molecule has 1 atom stereocenters. The van der Waals surface area contributed by atoms with Crippen molar-refractivity contribution < 1.29 is 4.79 Å². The number of carbonyl (C=O) groups is 1. The van der Waals surface area contributed by atoms with E-state index >= 15 is 0 Å². The van der Waals surface area contributed by atoms with Gasteiger partial charge in [0.25, 0.3) is 0 Å². The summed E-state index contributed by atoms with van der Waals surface area (Å²) in [6, 6.07) is 0.564. The van der Waals surface area contributed by atoms with E-state index in [2.05, 4.69) is 39.9 Å². The number of aromatic nitrogens is 2. The molecule has 0 spiro atoms. The van der Waals surface area contributed by atoms with Crippen molar-refractivity contribution in [2.75, 3.05) is 13.1 Å². The summed E-state index contributed by atoms with van der Waals surface area (Å²) in [5.74, 6) is 0.663. The Bertz CT molecular complexity index is 609. The van der Waals surface area contributed by atoms with E-state index in [4.69, 9.17) is 0 Å². The molecule has 1 unspecified atom stereocenters. The van der Waals surface area contributed by atoms with Gasteiger partial charge in [0.2, 0.25) is 5.91 Å². The molecule has 1 heterocycles. The van der Waals surface area contributed by atoms with Gasteiger partial charge in [-0.1, -0.05) is 0 Å². The van der Waals surface area contributed by atoms with E-state index < -0.39 is 0 Å². The van der Waals surface area contributed by atoms with Crippen molar-refractivity contribution >= 4 is 35.8 Å². The summed E-state index contributed by atoms with van der Waals surface area (Å²) >= 11 is 0. The lowest BCUT2D eigenvalue weighted by Crippen LogP contribution is -2.44. The minimum Gasteiger partial charge on any atom is -0.357 e. The maximum Gasteiger partial charge on any atom is 0.242 e. The summed E-state index contributed by atoms with van der Waals surface area (Å²) < 4.78 is 1.92. The van der Waals surface area contributed by atoms with E-state index in [1.54, 1.807) is 0 Å². The smallest absolute Gasteiger partial charge is 0.242 e. The molecule has 1 saturated carbocycles. The van der Waals surface area contributed by atoms with Gasteiger partial charge in [0, 0.05) is 31.4 Å². The minimum absolute atomic E-state index is 0. The number of nitrogens with zero attached hydrogens (tertiary/aromatic N) is 3. The lowest BCUT2D eigenvalue weighted by molar-refractivity contribution is -0.119. The number of halogens is 1. The van der Waals surface area contributed by atoms with E-state index in [9.17, 15) is 4.79 Å². The molecular formula is C17H31IN6O. The molecule has 142 valence electrons. The van der Waals surface area contributed by atoms with Gasteiger partial charge in [0.05, 0.1) is 5.69 Å². The maximum absolute atomic E-state index is 11.8. The number of guanidine groups is 1. The summed E-state index contributed by atoms with van der Waals surface area (Å²) in [5.41, 5.74) is 3.51. The van der Waals surface area contributed by atoms with Crippen molar-refractivity contribution in [1.82, 2.24) is 25.7 Å². The van der Waals surface area contributed by atoms with Crippen LogP contribution in [0.25, 0.3) is 0 Å². The van der Waals surface area contributed by atoms with Gasteiger partial charge in [-0.2, -0.15) is 5.10 Å². The topological polar surface area (TPSA) is 83.3 Å². The number of aryl methyl sites for hydroxylation is 2. The maximum atomic E-state index is 11.8. The zero-order chi connectivity index (χ0) is 17.7. The molecule has 2 rings (SSSR count). The van der Waals surface area contributed by atoms with Crippen LogP contribution in [-0.2, 0) is 18.3 Å². The van der Waals surface area contributed by atoms with E-state index in [-0.39, 0.29) is 42.5 Å². The molecule has 0 bridgehead atoms. The molecule has 1 fully saturated rings. The van der Waals surface area contributed by atoms with E-state index in [1.807, 2.05) is 25.6 Å². The number of amides is 1. The minimum atomic E-state index is -0.0127. The second-order valence-corrected chi connectivity index (χ2v) is 6.56. The quantitative estimate of drug-likeness (QED) is 0.325. The molecule has 1 aliphatic carbocycles. The zero-order valence-electron chi connectivity index (χ0n) is 15.8. The first-order valence-electron chi connectivity index (χ1n) is 8.74. The van der Waals surface area contributed by atoms with Crippen LogP contribution in [0, 0.1) is 13.8 Å². The summed E-state index contributed by atoms with van der Waals surface area (Å²) in [7, 11) is 1.97. The summed E-state index contributed by atoms with van der Waals surface area (Å²) in [6.45, 7) is 9.17. The number of nitrogens with one attached hydrogen (secondary N) is 3. The fourth-order valence-corrected chi connectivity index (χ4v) is 2.68. The van der Waals surface area contributed by atoms with Crippen LogP contribution in [-0.4, -0.2) is 46.8 Å². The Kier molecular flexibility index (Phi) is 8.67. The van der Waals surface area contributed by atoms with Crippen molar-refractivity contribution in [2.24, 2.45) is 12.0 Å². The lowest BCUT2D eigenvalue weighted by Gasteiger charge is -2.18. The highest BCUT2D eigenvalue weighted by Crippen LogP contribution is 2.18. The van der Waals surface area contributed by atoms with Crippen LogP contribution < -0.4 is 16.0 Å². The van der Waals surface area contributed by atoms with Crippen LogP contribution in [0.2, 0.25) is 0 Å². The Labute approximate surface area is 167 Å². The molecule has 7 nitrogen and oxygen atoms in total. The van der Waals surface area contributed by atoms with E-state index in [0.29, 0.717) is 12.0 Å². The van der Waals surface area contributed by atoms with Gasteiger partial charge in [-0.05, 0) is 52.5 Å². The van der Waals surface area contributed by atoms with Crippen molar-refractivity contribution in [1.29, 1.82) is 0 Å². The normalized spacial score (nSPS) is 15.3. The van der Waals surface area contributed by atoms with Gasteiger partial charge in [-0.15, -0.1) is 24.0 Å². The van der Waals surface area contributed by atoms with E-state index in [0.717, 1.165) is 31.5 Å². The highest BCUT2D eigenvalue weighted by molar-refractivity contribution is 14.0. The van der Waals surface area contributed by atoms with Crippen LogP contribution in [0.1, 0.15) is 43.6 Å². The van der Waals surface area contributed by atoms with Gasteiger partial charge < -0.3 is 16.0 Å². The molecule has 25 heavy (non-hydrogen) atoms. The molecule has 1 aromatic rings. The SMILES string of the molecule is CCNC(=NCC(=O)NC1CC1)NC(C)Cc1c(C)nn(C)c1C.I. The standard InChI is InChI=1S/C17H30N6O.HI/c1-6-18-17(19-10-16(24)21-14-7-8-14)20-11(2)9-15-12(3)22-23(5)13(15)4;/h11,14H,6-10H2,1-5H3,(H,21,24)(H2,18,19,20);1H. The number of rotatable bonds is 7. The van der Waals surface area contributed by atoms with Crippen LogP contribution in [0.4, 0.5) is 0 Å². The first kappa shape index (κ1) is 21.7. The molecule has 1 aliphatic rings. The number of hydrogen-bond acceptors (Lipinski definition) is 3. The fourth-order valence-electron chi connectivity index (χ4n) is 2.68. The second-order valence-electron chi connectivity index (χ2n) is 6.56. The highest BCUT2D eigenvalue weighted by atomic mass is 127. The Morgan fingerprint density at radius 3 is 2.60 bits per heavy atom. The van der Waals surface area contributed by atoms with Gasteiger partial charge in [-0.3, -0.25) is 9.48 Å². The molecular weight excluding hydrogens is 431 g/mol. The molecule has 1 aromatic heterocycles. The van der Waals surface area contributed by atoms with Crippen molar-refractivity contribution in [3.63, 3.8) is 0 Å². The Morgan fingerprint density at radius 2 is 2.08 bits per heavy atom. The van der Waals surface area contributed by atoms with Crippen molar-refractivity contribution in [2.45, 2.75) is 59.0 Å². The van der Waals surface area contributed by atoms with Crippen molar-refractivity contribution in [3.8, 4) is 0 Å². The average Bonchev–Trinajstić information content (AvgIpc) is 3.29. The fraction of sp³-hybridized carbons (Fsp3) is 0.706. The molecule has 1 amide bonds. The summed E-state index contributed by atoms with van der Waals surface area (Å²) in [4.78, 5) is 16.2. The van der Waals surface area contributed by atoms with Gasteiger partial charge in [0.1, 0.15) is 6.54 Å². The number of hydrogen-bond donors (Lipinski definition) is 3. The van der Waals surface area contributed by atoms with Gasteiger partial charge in [-0.25, -0.2) is 4.99 Å². The molecule has 8 heteroatoms. The van der Waals surface area contributed by atoms with E-state index in [1.165, 1.54) is 11.3 Å². The Balaban J connectivity index is 0.00000312. The van der Waals surface area contributed by atoms with Gasteiger partial charge in [0.15, 0.2) is 5.96 Å². The van der Waals surface area contributed by atoms with Crippen molar-refractivity contribution in [3.05, 3.63) is 17.0 Å².